The van der Waals surface area contributed by atoms with Gasteiger partial charge in [0.05, 0.1) is 19.6 Å². The summed E-state index contributed by atoms with van der Waals surface area (Å²) in [5, 5.41) is 9.23. The summed E-state index contributed by atoms with van der Waals surface area (Å²) < 4.78 is 10.7. The van der Waals surface area contributed by atoms with E-state index in [4.69, 9.17) is 9.47 Å². The lowest BCUT2D eigenvalue weighted by Crippen LogP contribution is -2.45. The Morgan fingerprint density at radius 1 is 1.30 bits per heavy atom. The first-order chi connectivity index (χ1) is 11.0. The highest BCUT2D eigenvalue weighted by Crippen LogP contribution is 2.30. The van der Waals surface area contributed by atoms with Crippen LogP contribution in [0.5, 0.6) is 11.5 Å². The molecule has 1 aliphatic rings. The molecule has 23 heavy (non-hydrogen) atoms. The van der Waals surface area contributed by atoms with Crippen molar-refractivity contribution in [3.63, 3.8) is 0 Å². The number of hydrogen-bond donors (Lipinski definition) is 1. The second-order valence-electron chi connectivity index (χ2n) is 5.88. The Hall–Kier alpha value is -2.24. The molecule has 1 aromatic rings. The highest BCUT2D eigenvalue weighted by molar-refractivity contribution is 5.95. The van der Waals surface area contributed by atoms with E-state index in [0.29, 0.717) is 36.6 Å². The Morgan fingerprint density at radius 2 is 2.04 bits per heavy atom. The number of benzene rings is 1. The van der Waals surface area contributed by atoms with Crippen LogP contribution in [-0.4, -0.2) is 48.7 Å². The molecule has 1 saturated heterocycles. The largest absolute Gasteiger partial charge is 0.493 e. The van der Waals surface area contributed by atoms with Gasteiger partial charge in [-0.25, -0.2) is 0 Å². The Morgan fingerprint density at radius 3 is 2.65 bits per heavy atom. The number of aliphatic carboxylic acids is 1. The van der Waals surface area contributed by atoms with Crippen molar-refractivity contribution in [2.24, 2.45) is 11.8 Å². The van der Waals surface area contributed by atoms with Gasteiger partial charge >= 0.3 is 5.97 Å². The average molecular weight is 321 g/mol. The zero-order chi connectivity index (χ0) is 17.0. The number of amides is 1. The zero-order valence-corrected chi connectivity index (χ0v) is 13.7. The molecule has 126 valence electrons. The van der Waals surface area contributed by atoms with E-state index in [2.05, 4.69) is 0 Å². The third kappa shape index (κ3) is 3.94. The maximum absolute atomic E-state index is 12.7. The molecule has 6 heteroatoms. The number of rotatable bonds is 5. The summed E-state index contributed by atoms with van der Waals surface area (Å²) in [6.45, 7) is 5.16. The van der Waals surface area contributed by atoms with E-state index in [1.165, 1.54) is 7.11 Å². The molecule has 0 spiro atoms. The summed E-state index contributed by atoms with van der Waals surface area (Å²) in [6, 6.07) is 5.03. The Balaban J connectivity index is 2.20. The van der Waals surface area contributed by atoms with Crippen LogP contribution >= 0.6 is 0 Å². The van der Waals surface area contributed by atoms with Crippen LogP contribution in [0.1, 0.15) is 30.6 Å². The number of carbonyl (C=O) groups is 2. The molecule has 1 aliphatic heterocycles. The van der Waals surface area contributed by atoms with E-state index < -0.39 is 11.9 Å². The van der Waals surface area contributed by atoms with E-state index in [1.54, 1.807) is 23.1 Å². The molecular formula is C17H23NO5. The van der Waals surface area contributed by atoms with Crippen molar-refractivity contribution in [1.29, 1.82) is 0 Å². The standard InChI is InChI=1S/C17H23NO5/c1-4-23-14-6-5-12(8-15(14)22-3)16(19)18-9-11(2)7-13(10-18)17(20)21/h5-6,8,11,13H,4,7,9-10H2,1-3H3,(H,20,21). The monoisotopic (exact) mass is 321 g/mol. The molecular weight excluding hydrogens is 298 g/mol. The number of piperidine rings is 1. The zero-order valence-electron chi connectivity index (χ0n) is 13.7. The summed E-state index contributed by atoms with van der Waals surface area (Å²) in [7, 11) is 1.52. The van der Waals surface area contributed by atoms with Crippen LogP contribution in [-0.2, 0) is 4.79 Å². The second kappa shape index (κ2) is 7.35. The predicted octanol–water partition coefficient (Wildman–Crippen LogP) is 2.28. The highest BCUT2D eigenvalue weighted by atomic mass is 16.5. The molecule has 1 amide bonds. The van der Waals surface area contributed by atoms with E-state index in [-0.39, 0.29) is 18.4 Å². The molecule has 0 bridgehead atoms. The van der Waals surface area contributed by atoms with Crippen LogP contribution in [0.3, 0.4) is 0 Å². The van der Waals surface area contributed by atoms with Crippen molar-refractivity contribution in [3.05, 3.63) is 23.8 Å². The van der Waals surface area contributed by atoms with Crippen molar-refractivity contribution in [1.82, 2.24) is 4.90 Å². The van der Waals surface area contributed by atoms with Gasteiger partial charge in [0.25, 0.3) is 5.91 Å². The lowest BCUT2D eigenvalue weighted by Gasteiger charge is -2.34. The fourth-order valence-electron chi connectivity index (χ4n) is 2.95. The van der Waals surface area contributed by atoms with Crippen LogP contribution in [0.4, 0.5) is 0 Å². The number of nitrogens with zero attached hydrogens (tertiary/aromatic N) is 1. The Kier molecular flexibility index (Phi) is 5.47. The molecule has 1 aromatic carbocycles. The van der Waals surface area contributed by atoms with Gasteiger partial charge in [-0.15, -0.1) is 0 Å². The SMILES string of the molecule is CCOc1ccc(C(=O)N2CC(C)CC(C(=O)O)C2)cc1OC. The fraction of sp³-hybridized carbons (Fsp3) is 0.529. The summed E-state index contributed by atoms with van der Waals surface area (Å²) in [4.78, 5) is 25.5. The van der Waals surface area contributed by atoms with Crippen molar-refractivity contribution in [2.45, 2.75) is 20.3 Å². The van der Waals surface area contributed by atoms with Gasteiger partial charge < -0.3 is 19.5 Å². The number of hydrogen-bond acceptors (Lipinski definition) is 4. The molecule has 1 N–H and O–H groups in total. The Labute approximate surface area is 136 Å². The summed E-state index contributed by atoms with van der Waals surface area (Å²) in [5.41, 5.74) is 0.476. The van der Waals surface area contributed by atoms with Gasteiger partial charge in [-0.1, -0.05) is 6.92 Å². The number of carboxylic acids is 1. The smallest absolute Gasteiger partial charge is 0.308 e. The molecule has 0 aliphatic carbocycles. The van der Waals surface area contributed by atoms with Gasteiger partial charge in [0.15, 0.2) is 11.5 Å². The van der Waals surface area contributed by atoms with Gasteiger partial charge in [0, 0.05) is 18.7 Å². The quantitative estimate of drug-likeness (QED) is 0.900. The maximum atomic E-state index is 12.7. The first-order valence-corrected chi connectivity index (χ1v) is 7.79. The molecule has 1 fully saturated rings. The number of carbonyl (C=O) groups excluding carboxylic acids is 1. The molecule has 0 radical (unpaired) electrons. The minimum atomic E-state index is -0.848. The van der Waals surface area contributed by atoms with Crippen molar-refractivity contribution in [2.75, 3.05) is 26.8 Å². The topological polar surface area (TPSA) is 76.1 Å². The highest BCUT2D eigenvalue weighted by Gasteiger charge is 2.32. The molecule has 2 unspecified atom stereocenters. The summed E-state index contributed by atoms with van der Waals surface area (Å²) in [5.74, 6) is -0.284. The average Bonchev–Trinajstić information content (AvgIpc) is 2.54. The van der Waals surface area contributed by atoms with E-state index in [1.807, 2.05) is 13.8 Å². The van der Waals surface area contributed by atoms with Crippen LogP contribution in [0.2, 0.25) is 0 Å². The molecule has 6 nitrogen and oxygen atoms in total. The van der Waals surface area contributed by atoms with Gasteiger partial charge in [-0.3, -0.25) is 9.59 Å². The van der Waals surface area contributed by atoms with Crippen LogP contribution in [0, 0.1) is 11.8 Å². The van der Waals surface area contributed by atoms with E-state index in [9.17, 15) is 14.7 Å². The fourth-order valence-corrected chi connectivity index (χ4v) is 2.95. The lowest BCUT2D eigenvalue weighted by atomic mass is 9.90. The van der Waals surface area contributed by atoms with Gasteiger partial charge in [-0.05, 0) is 37.5 Å². The maximum Gasteiger partial charge on any atom is 0.308 e. The summed E-state index contributed by atoms with van der Waals surface area (Å²) in [6.07, 6.45) is 0.603. The number of methoxy groups -OCH3 is 1. The lowest BCUT2D eigenvalue weighted by molar-refractivity contribution is -0.143. The van der Waals surface area contributed by atoms with Gasteiger partial charge in [0.1, 0.15) is 0 Å². The first-order valence-electron chi connectivity index (χ1n) is 7.79. The molecule has 0 aromatic heterocycles. The van der Waals surface area contributed by atoms with E-state index in [0.717, 1.165) is 0 Å². The number of carboxylic acid groups (broad SMARTS) is 1. The number of likely N-dealkylation sites (tertiary alicyclic amines) is 1. The van der Waals surface area contributed by atoms with Crippen molar-refractivity contribution < 1.29 is 24.2 Å². The van der Waals surface area contributed by atoms with Crippen LogP contribution < -0.4 is 9.47 Å². The third-order valence-electron chi connectivity index (χ3n) is 4.01. The Bertz CT molecular complexity index is 586. The minimum Gasteiger partial charge on any atom is -0.493 e. The molecule has 2 rings (SSSR count). The number of ether oxygens (including phenoxy) is 2. The van der Waals surface area contributed by atoms with Gasteiger partial charge in [0.2, 0.25) is 0 Å². The normalized spacial score (nSPS) is 20.9. The van der Waals surface area contributed by atoms with Crippen LogP contribution in [0.15, 0.2) is 18.2 Å². The minimum absolute atomic E-state index is 0.165. The van der Waals surface area contributed by atoms with Crippen LogP contribution in [0.25, 0.3) is 0 Å². The first kappa shape index (κ1) is 17.1. The van der Waals surface area contributed by atoms with Crippen molar-refractivity contribution in [3.8, 4) is 11.5 Å². The predicted molar refractivity (Wildman–Crippen MR) is 85.0 cm³/mol. The van der Waals surface area contributed by atoms with E-state index >= 15 is 0 Å². The summed E-state index contributed by atoms with van der Waals surface area (Å²) >= 11 is 0. The molecule has 1 heterocycles. The second-order valence-corrected chi connectivity index (χ2v) is 5.88. The van der Waals surface area contributed by atoms with Gasteiger partial charge in [-0.2, -0.15) is 0 Å². The third-order valence-corrected chi connectivity index (χ3v) is 4.01. The molecule has 0 saturated carbocycles. The molecule has 2 atom stereocenters. The van der Waals surface area contributed by atoms with Crippen molar-refractivity contribution >= 4 is 11.9 Å².